The van der Waals surface area contributed by atoms with Gasteiger partial charge in [0.2, 0.25) is 5.91 Å². The fourth-order valence-corrected chi connectivity index (χ4v) is 3.43. The molecule has 3 rings (SSSR count). The third-order valence-electron chi connectivity index (χ3n) is 4.00. The molecule has 0 saturated carbocycles. The second kappa shape index (κ2) is 8.58. The van der Waals surface area contributed by atoms with Gasteiger partial charge in [-0.05, 0) is 25.3 Å². The van der Waals surface area contributed by atoms with Crippen LogP contribution in [0.5, 0.6) is 0 Å². The van der Waals surface area contributed by atoms with E-state index in [0.717, 1.165) is 29.1 Å². The van der Waals surface area contributed by atoms with Crippen LogP contribution < -0.4 is 5.32 Å². The highest BCUT2D eigenvalue weighted by atomic mass is 32.1. The van der Waals surface area contributed by atoms with Crippen molar-refractivity contribution in [1.82, 2.24) is 10.3 Å². The lowest BCUT2D eigenvalue weighted by Crippen LogP contribution is -2.26. The van der Waals surface area contributed by atoms with Crippen LogP contribution in [0.15, 0.2) is 60.0 Å². The lowest BCUT2D eigenvalue weighted by atomic mass is 10.1. The van der Waals surface area contributed by atoms with Gasteiger partial charge in [0.25, 0.3) is 0 Å². The molecule has 128 valence electrons. The largest absolute Gasteiger partial charge is 0.356 e. The van der Waals surface area contributed by atoms with Crippen LogP contribution >= 0.6 is 11.3 Å². The number of aryl methyl sites for hydroxylation is 2. The van der Waals surface area contributed by atoms with Gasteiger partial charge in [-0.2, -0.15) is 0 Å². The van der Waals surface area contributed by atoms with Crippen LogP contribution in [0.25, 0.3) is 10.6 Å². The summed E-state index contributed by atoms with van der Waals surface area (Å²) >= 11 is 1.59. The molecule has 1 amide bonds. The first-order chi connectivity index (χ1) is 12.2. The summed E-state index contributed by atoms with van der Waals surface area (Å²) in [6, 6.07) is 18.6. The number of rotatable bonds is 7. The van der Waals surface area contributed by atoms with E-state index in [2.05, 4.69) is 53.6 Å². The fourth-order valence-electron chi connectivity index (χ4n) is 2.61. The van der Waals surface area contributed by atoms with Crippen LogP contribution in [0, 0.1) is 6.92 Å². The number of hydrogen-bond acceptors (Lipinski definition) is 3. The summed E-state index contributed by atoms with van der Waals surface area (Å²) in [5.41, 5.74) is 4.47. The molecule has 3 aromatic rings. The molecule has 2 aromatic carbocycles. The number of thiazole rings is 1. The van der Waals surface area contributed by atoms with Gasteiger partial charge in [0.1, 0.15) is 5.01 Å². The third-order valence-corrected chi connectivity index (χ3v) is 4.94. The summed E-state index contributed by atoms with van der Waals surface area (Å²) in [4.78, 5) is 16.7. The Balaban J connectivity index is 1.44. The lowest BCUT2D eigenvalue weighted by Gasteiger charge is -2.04. The van der Waals surface area contributed by atoms with Gasteiger partial charge in [0.05, 0.1) is 12.1 Å². The Morgan fingerprint density at radius 1 is 1.08 bits per heavy atom. The molecule has 0 unspecified atom stereocenters. The van der Waals surface area contributed by atoms with E-state index in [1.54, 1.807) is 11.3 Å². The molecule has 1 aromatic heterocycles. The van der Waals surface area contributed by atoms with E-state index in [0.29, 0.717) is 13.0 Å². The van der Waals surface area contributed by atoms with Crippen molar-refractivity contribution in [1.29, 1.82) is 0 Å². The number of hydrogen-bond donors (Lipinski definition) is 1. The molecule has 4 heteroatoms. The molecular formula is C21H22N2OS. The van der Waals surface area contributed by atoms with Gasteiger partial charge < -0.3 is 5.32 Å². The molecule has 0 radical (unpaired) electrons. The first-order valence-electron chi connectivity index (χ1n) is 8.53. The lowest BCUT2D eigenvalue weighted by molar-refractivity contribution is -0.120. The summed E-state index contributed by atoms with van der Waals surface area (Å²) in [6.45, 7) is 2.77. The number of carbonyl (C=O) groups is 1. The SMILES string of the molecule is Cc1ccc(-c2nc(CC(=O)NCCCc3ccccc3)cs2)cc1. The second-order valence-corrected chi connectivity index (χ2v) is 6.98. The van der Waals surface area contributed by atoms with Gasteiger partial charge in [0, 0.05) is 17.5 Å². The van der Waals surface area contributed by atoms with Crippen LogP contribution in [0.4, 0.5) is 0 Å². The van der Waals surface area contributed by atoms with E-state index in [1.807, 2.05) is 23.6 Å². The number of nitrogens with zero attached hydrogens (tertiary/aromatic N) is 1. The van der Waals surface area contributed by atoms with E-state index < -0.39 is 0 Å². The second-order valence-electron chi connectivity index (χ2n) is 6.13. The quantitative estimate of drug-likeness (QED) is 0.641. The highest BCUT2D eigenvalue weighted by Crippen LogP contribution is 2.24. The Morgan fingerprint density at radius 3 is 2.60 bits per heavy atom. The molecule has 0 aliphatic rings. The van der Waals surface area contributed by atoms with Crippen molar-refractivity contribution in [3.8, 4) is 10.6 Å². The molecule has 0 bridgehead atoms. The molecule has 3 nitrogen and oxygen atoms in total. The fraction of sp³-hybridized carbons (Fsp3) is 0.238. The Morgan fingerprint density at radius 2 is 1.84 bits per heavy atom. The van der Waals surface area contributed by atoms with Crippen LogP contribution in [0.3, 0.4) is 0 Å². The van der Waals surface area contributed by atoms with Crippen molar-refractivity contribution in [3.05, 3.63) is 76.8 Å². The number of benzene rings is 2. The predicted molar refractivity (Wildman–Crippen MR) is 104 cm³/mol. The van der Waals surface area contributed by atoms with Crippen LogP contribution in [0.1, 0.15) is 23.2 Å². The van der Waals surface area contributed by atoms with Gasteiger partial charge in [-0.1, -0.05) is 60.2 Å². The van der Waals surface area contributed by atoms with Gasteiger partial charge >= 0.3 is 0 Å². The number of carbonyl (C=O) groups excluding carboxylic acids is 1. The minimum Gasteiger partial charge on any atom is -0.356 e. The molecule has 0 aliphatic carbocycles. The average Bonchev–Trinajstić information content (AvgIpc) is 3.09. The van der Waals surface area contributed by atoms with Crippen LogP contribution in [-0.2, 0) is 17.6 Å². The monoisotopic (exact) mass is 350 g/mol. The van der Waals surface area contributed by atoms with Crippen molar-refractivity contribution in [2.45, 2.75) is 26.2 Å². The number of amides is 1. The zero-order chi connectivity index (χ0) is 17.5. The summed E-state index contributed by atoms with van der Waals surface area (Å²) in [5.74, 6) is 0.0359. The molecule has 0 aliphatic heterocycles. The normalized spacial score (nSPS) is 10.6. The number of aromatic nitrogens is 1. The zero-order valence-electron chi connectivity index (χ0n) is 14.4. The van der Waals surface area contributed by atoms with Crippen LogP contribution in [0.2, 0.25) is 0 Å². The Labute approximate surface area is 152 Å². The predicted octanol–water partition coefficient (Wildman–Crippen LogP) is 4.41. The number of nitrogens with one attached hydrogen (secondary N) is 1. The molecule has 0 saturated heterocycles. The van der Waals surface area contributed by atoms with Gasteiger partial charge in [0.15, 0.2) is 0 Å². The van der Waals surface area contributed by atoms with Crippen molar-refractivity contribution >= 4 is 17.2 Å². The summed E-state index contributed by atoms with van der Waals surface area (Å²) in [5, 5.41) is 5.92. The summed E-state index contributed by atoms with van der Waals surface area (Å²) in [7, 11) is 0. The van der Waals surface area contributed by atoms with Gasteiger partial charge in [-0.25, -0.2) is 4.98 Å². The van der Waals surface area contributed by atoms with Crippen molar-refractivity contribution in [3.63, 3.8) is 0 Å². The highest BCUT2D eigenvalue weighted by Gasteiger charge is 2.08. The Kier molecular flexibility index (Phi) is 5.96. The topological polar surface area (TPSA) is 42.0 Å². The molecular weight excluding hydrogens is 328 g/mol. The van der Waals surface area contributed by atoms with Crippen molar-refractivity contribution in [2.75, 3.05) is 6.54 Å². The maximum absolute atomic E-state index is 12.1. The zero-order valence-corrected chi connectivity index (χ0v) is 15.2. The van der Waals surface area contributed by atoms with Gasteiger partial charge in [-0.3, -0.25) is 4.79 Å². The first-order valence-corrected chi connectivity index (χ1v) is 9.41. The Bertz CT molecular complexity index is 809. The van der Waals surface area contributed by atoms with Crippen molar-refractivity contribution in [2.24, 2.45) is 0 Å². The molecule has 0 spiro atoms. The van der Waals surface area contributed by atoms with Gasteiger partial charge in [-0.15, -0.1) is 11.3 Å². The maximum atomic E-state index is 12.1. The third kappa shape index (κ3) is 5.26. The smallest absolute Gasteiger partial charge is 0.226 e. The molecule has 0 atom stereocenters. The Hall–Kier alpha value is -2.46. The highest BCUT2D eigenvalue weighted by molar-refractivity contribution is 7.13. The minimum atomic E-state index is 0.0359. The van der Waals surface area contributed by atoms with E-state index in [9.17, 15) is 4.79 Å². The van der Waals surface area contributed by atoms with E-state index >= 15 is 0 Å². The van der Waals surface area contributed by atoms with E-state index in [4.69, 9.17) is 0 Å². The standard InChI is InChI=1S/C21H22N2OS/c1-16-9-11-18(12-10-16)21-23-19(15-25-21)14-20(24)22-13-5-8-17-6-3-2-4-7-17/h2-4,6-7,9-12,15H,5,8,13-14H2,1H3,(H,22,24). The van der Waals surface area contributed by atoms with E-state index in [-0.39, 0.29) is 5.91 Å². The van der Waals surface area contributed by atoms with Crippen molar-refractivity contribution < 1.29 is 4.79 Å². The van der Waals surface area contributed by atoms with Crippen LogP contribution in [-0.4, -0.2) is 17.4 Å². The summed E-state index contributed by atoms with van der Waals surface area (Å²) in [6.07, 6.45) is 2.27. The minimum absolute atomic E-state index is 0.0359. The maximum Gasteiger partial charge on any atom is 0.226 e. The first kappa shape index (κ1) is 17.4. The average molecular weight is 350 g/mol. The molecule has 1 N–H and O–H groups in total. The summed E-state index contributed by atoms with van der Waals surface area (Å²) < 4.78 is 0. The molecule has 0 fully saturated rings. The molecule has 25 heavy (non-hydrogen) atoms. The van der Waals surface area contributed by atoms with E-state index in [1.165, 1.54) is 11.1 Å². The molecule has 1 heterocycles.